The predicted octanol–water partition coefficient (Wildman–Crippen LogP) is 1.05. The van der Waals surface area contributed by atoms with Crippen LogP contribution in [0.5, 0.6) is 0 Å². The number of hydrogen-bond acceptors (Lipinski definition) is 2. The number of urea groups is 1. The van der Waals surface area contributed by atoms with Crippen LogP contribution in [0.4, 0.5) is 4.79 Å². The number of aliphatic carboxylic acids is 1. The number of amides is 2. The van der Waals surface area contributed by atoms with Crippen molar-refractivity contribution in [2.24, 2.45) is 5.92 Å². The molecule has 0 spiro atoms. The number of carbonyl (C=O) groups excluding carboxylic acids is 1. The lowest BCUT2D eigenvalue weighted by molar-refractivity contribution is -0.139. The van der Waals surface area contributed by atoms with Gasteiger partial charge in [0.1, 0.15) is 6.04 Å². The number of nitrogens with one attached hydrogen (secondary N) is 1. The quantitative estimate of drug-likeness (QED) is 0.755. The van der Waals surface area contributed by atoms with Crippen molar-refractivity contribution in [2.45, 2.75) is 38.1 Å². The molecule has 5 nitrogen and oxygen atoms in total. The van der Waals surface area contributed by atoms with Gasteiger partial charge < -0.3 is 15.3 Å². The van der Waals surface area contributed by atoms with Crippen LogP contribution in [0.1, 0.15) is 32.1 Å². The molecule has 1 aliphatic heterocycles. The lowest BCUT2D eigenvalue weighted by Crippen LogP contribution is -2.50. The summed E-state index contributed by atoms with van der Waals surface area (Å²) >= 11 is 0. The van der Waals surface area contributed by atoms with Gasteiger partial charge in [0.25, 0.3) is 0 Å². The van der Waals surface area contributed by atoms with Crippen molar-refractivity contribution in [1.82, 2.24) is 10.2 Å². The van der Waals surface area contributed by atoms with Gasteiger partial charge in [0.15, 0.2) is 0 Å². The van der Waals surface area contributed by atoms with Crippen molar-refractivity contribution in [3.05, 3.63) is 0 Å². The fourth-order valence-electron chi connectivity index (χ4n) is 2.13. The van der Waals surface area contributed by atoms with E-state index in [1.54, 1.807) is 4.90 Å². The highest BCUT2D eigenvalue weighted by Gasteiger charge is 2.38. The second kappa shape index (κ2) is 4.72. The molecule has 0 radical (unpaired) electrons. The van der Waals surface area contributed by atoms with Crippen LogP contribution in [0.3, 0.4) is 0 Å². The third kappa shape index (κ3) is 2.65. The van der Waals surface area contributed by atoms with Crippen LogP contribution in [0.2, 0.25) is 0 Å². The third-order valence-corrected chi connectivity index (χ3v) is 3.28. The van der Waals surface area contributed by atoms with Gasteiger partial charge in [0.05, 0.1) is 0 Å². The van der Waals surface area contributed by atoms with Gasteiger partial charge in [-0.1, -0.05) is 0 Å². The van der Waals surface area contributed by atoms with Gasteiger partial charge in [-0.05, 0) is 38.0 Å². The van der Waals surface area contributed by atoms with Crippen LogP contribution >= 0.6 is 0 Å². The van der Waals surface area contributed by atoms with E-state index in [0.717, 1.165) is 45.2 Å². The lowest BCUT2D eigenvalue weighted by Gasteiger charge is -2.28. The minimum absolute atomic E-state index is 0.145. The first-order valence-electron chi connectivity index (χ1n) is 5.97. The van der Waals surface area contributed by atoms with Crippen LogP contribution in [-0.4, -0.2) is 41.1 Å². The summed E-state index contributed by atoms with van der Waals surface area (Å²) < 4.78 is 0. The Labute approximate surface area is 94.8 Å². The van der Waals surface area contributed by atoms with Crippen molar-refractivity contribution in [1.29, 1.82) is 0 Å². The van der Waals surface area contributed by atoms with Crippen LogP contribution < -0.4 is 5.32 Å². The summed E-state index contributed by atoms with van der Waals surface area (Å²) in [6.07, 6.45) is 5.03. The molecule has 0 bridgehead atoms. The van der Waals surface area contributed by atoms with E-state index in [0.29, 0.717) is 0 Å². The van der Waals surface area contributed by atoms with E-state index in [1.165, 1.54) is 0 Å². The summed E-state index contributed by atoms with van der Waals surface area (Å²) in [6, 6.07) is -0.895. The molecule has 2 N–H and O–H groups in total. The Morgan fingerprint density at radius 2 is 1.81 bits per heavy atom. The Morgan fingerprint density at radius 3 is 2.31 bits per heavy atom. The summed E-state index contributed by atoms with van der Waals surface area (Å²) in [6.45, 7) is 1.51. The molecule has 2 aliphatic rings. The molecule has 16 heavy (non-hydrogen) atoms. The predicted molar refractivity (Wildman–Crippen MR) is 58.1 cm³/mol. The van der Waals surface area contributed by atoms with Crippen LogP contribution in [0, 0.1) is 5.92 Å². The molecule has 1 atom stereocenters. The van der Waals surface area contributed by atoms with Crippen molar-refractivity contribution in [3.8, 4) is 0 Å². The topological polar surface area (TPSA) is 69.6 Å². The summed E-state index contributed by atoms with van der Waals surface area (Å²) in [5.41, 5.74) is 0. The molecule has 5 heteroatoms. The van der Waals surface area contributed by atoms with Gasteiger partial charge in [-0.15, -0.1) is 0 Å². The van der Waals surface area contributed by atoms with Gasteiger partial charge >= 0.3 is 12.0 Å². The molecule has 2 rings (SSSR count). The van der Waals surface area contributed by atoms with Gasteiger partial charge in [0, 0.05) is 13.1 Å². The maximum Gasteiger partial charge on any atom is 0.326 e. The Balaban J connectivity index is 1.86. The molecule has 1 saturated heterocycles. The number of carbonyl (C=O) groups is 2. The van der Waals surface area contributed by atoms with Gasteiger partial charge in [-0.25, -0.2) is 9.59 Å². The second-order valence-corrected chi connectivity index (χ2v) is 4.65. The number of carboxylic acids is 1. The summed E-state index contributed by atoms with van der Waals surface area (Å²) in [5.74, 6) is -0.765. The number of likely N-dealkylation sites (tertiary alicyclic amines) is 1. The van der Waals surface area contributed by atoms with Crippen LogP contribution in [0.15, 0.2) is 0 Å². The number of piperidine rings is 1. The van der Waals surface area contributed by atoms with E-state index in [1.807, 2.05) is 0 Å². The average molecular weight is 226 g/mol. The minimum atomic E-state index is -0.909. The first-order valence-corrected chi connectivity index (χ1v) is 5.97. The van der Waals surface area contributed by atoms with E-state index in [4.69, 9.17) is 5.11 Å². The van der Waals surface area contributed by atoms with Gasteiger partial charge in [-0.2, -0.15) is 0 Å². The summed E-state index contributed by atoms with van der Waals surface area (Å²) in [7, 11) is 0. The summed E-state index contributed by atoms with van der Waals surface area (Å²) in [5, 5.41) is 11.6. The highest BCUT2D eigenvalue weighted by molar-refractivity contribution is 5.83. The number of hydrogen-bond donors (Lipinski definition) is 2. The highest BCUT2D eigenvalue weighted by atomic mass is 16.4. The first-order chi connectivity index (χ1) is 7.68. The van der Waals surface area contributed by atoms with E-state index in [9.17, 15) is 9.59 Å². The monoisotopic (exact) mass is 226 g/mol. The van der Waals surface area contributed by atoms with E-state index >= 15 is 0 Å². The maximum atomic E-state index is 11.8. The number of rotatable bonds is 3. The maximum absolute atomic E-state index is 11.8. The van der Waals surface area contributed by atoms with Crippen LogP contribution in [-0.2, 0) is 4.79 Å². The second-order valence-electron chi connectivity index (χ2n) is 4.65. The zero-order valence-corrected chi connectivity index (χ0v) is 9.32. The third-order valence-electron chi connectivity index (χ3n) is 3.28. The smallest absolute Gasteiger partial charge is 0.326 e. The molecule has 0 aromatic rings. The van der Waals surface area contributed by atoms with Crippen molar-refractivity contribution >= 4 is 12.0 Å². The molecular formula is C11H18N2O3. The zero-order chi connectivity index (χ0) is 11.5. The average Bonchev–Trinajstić information content (AvgIpc) is 3.10. The molecule has 1 saturated carbocycles. The number of carboxylic acid groups (broad SMARTS) is 1. The SMILES string of the molecule is O=C(O)C(NC(=O)N1CCCCC1)C1CC1. The molecule has 0 aromatic carbocycles. The van der Waals surface area contributed by atoms with Crippen molar-refractivity contribution in [2.75, 3.05) is 13.1 Å². The molecule has 2 fully saturated rings. The molecular weight excluding hydrogens is 208 g/mol. The fourth-order valence-corrected chi connectivity index (χ4v) is 2.13. The Kier molecular flexibility index (Phi) is 3.31. The minimum Gasteiger partial charge on any atom is -0.480 e. The van der Waals surface area contributed by atoms with Crippen molar-refractivity contribution in [3.63, 3.8) is 0 Å². The molecule has 1 unspecified atom stereocenters. The molecule has 0 aromatic heterocycles. The fraction of sp³-hybridized carbons (Fsp3) is 0.818. The molecule has 90 valence electrons. The zero-order valence-electron chi connectivity index (χ0n) is 9.32. The number of nitrogens with zero attached hydrogens (tertiary/aromatic N) is 1. The first kappa shape index (κ1) is 11.2. The van der Waals surface area contributed by atoms with Gasteiger partial charge in [-0.3, -0.25) is 0 Å². The molecule has 1 aliphatic carbocycles. The Hall–Kier alpha value is -1.26. The standard InChI is InChI=1S/C11H18N2O3/c14-10(15)9(8-4-5-8)12-11(16)13-6-2-1-3-7-13/h8-9H,1-7H2,(H,12,16)(H,14,15). The molecule has 1 heterocycles. The van der Waals surface area contributed by atoms with Gasteiger partial charge in [0.2, 0.25) is 0 Å². The summed E-state index contributed by atoms with van der Waals surface area (Å²) in [4.78, 5) is 24.5. The van der Waals surface area contributed by atoms with E-state index in [-0.39, 0.29) is 11.9 Å². The largest absolute Gasteiger partial charge is 0.480 e. The normalized spacial score (nSPS) is 22.6. The van der Waals surface area contributed by atoms with Crippen LogP contribution in [0.25, 0.3) is 0 Å². The highest BCUT2D eigenvalue weighted by Crippen LogP contribution is 2.32. The van der Waals surface area contributed by atoms with Crippen molar-refractivity contribution < 1.29 is 14.7 Å². The Bertz CT molecular complexity index is 283. The van der Waals surface area contributed by atoms with E-state index < -0.39 is 12.0 Å². The Morgan fingerprint density at radius 1 is 1.19 bits per heavy atom. The molecule has 2 amide bonds. The van der Waals surface area contributed by atoms with E-state index in [2.05, 4.69) is 5.32 Å². The lowest BCUT2D eigenvalue weighted by atomic mass is 10.1.